The Morgan fingerprint density at radius 1 is 0.929 bits per heavy atom. The quantitative estimate of drug-likeness (QED) is 0.548. The summed E-state index contributed by atoms with van der Waals surface area (Å²) in [6.07, 6.45) is 1.68. The fourth-order valence-corrected chi connectivity index (χ4v) is 3.96. The largest absolute Gasteiger partial charge is 0.380 e. The summed E-state index contributed by atoms with van der Waals surface area (Å²) in [6.45, 7) is 14.4. The minimum atomic E-state index is -0.542. The summed E-state index contributed by atoms with van der Waals surface area (Å²) in [4.78, 5) is 30.2. The Labute approximate surface area is 173 Å². The minimum Gasteiger partial charge on any atom is -0.380 e. The topological polar surface area (TPSA) is 61.9 Å². The highest BCUT2D eigenvalue weighted by Crippen LogP contribution is 2.22. The molecule has 0 aromatic carbocycles. The highest BCUT2D eigenvalue weighted by Gasteiger charge is 2.37. The fraction of sp³-hybridized carbons (Fsp3) is 0.909. The monoisotopic (exact) mass is 399 g/mol. The van der Waals surface area contributed by atoms with Crippen LogP contribution >= 0.6 is 0 Å². The Kier molecular flexibility index (Phi) is 11.9. The van der Waals surface area contributed by atoms with Crippen LogP contribution in [-0.2, 0) is 14.3 Å². The van der Waals surface area contributed by atoms with Crippen molar-refractivity contribution in [1.29, 1.82) is 0 Å². The molecule has 6 heteroatoms. The summed E-state index contributed by atoms with van der Waals surface area (Å²) in [5, 5.41) is 3.07. The van der Waals surface area contributed by atoms with Crippen molar-refractivity contribution in [2.75, 3.05) is 28.3 Å². The third-order valence-electron chi connectivity index (χ3n) is 6.11. The molecule has 0 fully saturated rings. The van der Waals surface area contributed by atoms with Crippen LogP contribution in [-0.4, -0.2) is 74.1 Å². The molecule has 28 heavy (non-hydrogen) atoms. The maximum absolute atomic E-state index is 13.5. The van der Waals surface area contributed by atoms with Gasteiger partial charge in [-0.15, -0.1) is 0 Å². The van der Waals surface area contributed by atoms with Crippen LogP contribution in [0.2, 0.25) is 0 Å². The molecule has 166 valence electrons. The van der Waals surface area contributed by atoms with Crippen LogP contribution in [0, 0.1) is 17.8 Å². The fourth-order valence-electron chi connectivity index (χ4n) is 3.96. The van der Waals surface area contributed by atoms with Gasteiger partial charge in [-0.1, -0.05) is 54.4 Å². The number of nitrogens with one attached hydrogen (secondary N) is 1. The van der Waals surface area contributed by atoms with E-state index in [0.717, 1.165) is 12.8 Å². The summed E-state index contributed by atoms with van der Waals surface area (Å²) in [6, 6.07) is -0.854. The standard InChI is InChI=1S/C22H45N3O3/c1-12-15(5)18(23-21(26)19(14(3)4)24(8)9)22(27)25(10)20(16(6)13-2)17(7)28-11/h14-20H,12-13H2,1-11H3,(H,23,26)/t15-,16+,17-,18+,19+,20+/m0/s1. The van der Waals surface area contributed by atoms with Gasteiger partial charge in [0.2, 0.25) is 11.8 Å². The van der Waals surface area contributed by atoms with Gasteiger partial charge >= 0.3 is 0 Å². The van der Waals surface area contributed by atoms with E-state index in [1.54, 1.807) is 12.0 Å². The SMILES string of the molecule is CC[C@@H](C)[C@H]([C@H](C)OC)N(C)C(=O)[C@H](NC(=O)[C@@H](C(C)C)N(C)C)[C@@H](C)CC. The summed E-state index contributed by atoms with van der Waals surface area (Å²) in [7, 11) is 7.31. The summed E-state index contributed by atoms with van der Waals surface area (Å²) in [5.41, 5.74) is 0. The second kappa shape index (κ2) is 12.4. The van der Waals surface area contributed by atoms with Crippen molar-refractivity contribution in [2.24, 2.45) is 17.8 Å². The molecule has 0 heterocycles. The van der Waals surface area contributed by atoms with E-state index >= 15 is 0 Å². The first-order chi connectivity index (χ1) is 12.9. The lowest BCUT2D eigenvalue weighted by atomic mass is 9.91. The van der Waals surface area contributed by atoms with Crippen molar-refractivity contribution in [2.45, 2.75) is 85.5 Å². The van der Waals surface area contributed by atoms with E-state index < -0.39 is 6.04 Å². The average Bonchev–Trinajstić information content (AvgIpc) is 2.63. The first kappa shape index (κ1) is 26.9. The van der Waals surface area contributed by atoms with Crippen molar-refractivity contribution in [1.82, 2.24) is 15.1 Å². The molecule has 0 unspecified atom stereocenters. The molecular weight excluding hydrogens is 354 g/mol. The third kappa shape index (κ3) is 7.03. The highest BCUT2D eigenvalue weighted by molar-refractivity contribution is 5.90. The summed E-state index contributed by atoms with van der Waals surface area (Å²) in [5.74, 6) is 0.360. The molecule has 0 spiro atoms. The van der Waals surface area contributed by atoms with Gasteiger partial charge in [0.25, 0.3) is 0 Å². The number of amides is 2. The van der Waals surface area contributed by atoms with Gasteiger partial charge < -0.3 is 15.0 Å². The number of hydrogen-bond donors (Lipinski definition) is 1. The van der Waals surface area contributed by atoms with Crippen molar-refractivity contribution >= 4 is 11.8 Å². The Bertz CT molecular complexity index is 464. The van der Waals surface area contributed by atoms with E-state index in [2.05, 4.69) is 19.2 Å². The molecule has 0 rings (SSSR count). The molecule has 0 aliphatic carbocycles. The number of carbonyl (C=O) groups excluding carboxylic acids is 2. The van der Waals surface area contributed by atoms with Gasteiger partial charge in [-0.2, -0.15) is 0 Å². The second-order valence-electron chi connectivity index (χ2n) is 8.79. The van der Waals surface area contributed by atoms with Gasteiger partial charge in [-0.25, -0.2) is 0 Å². The lowest BCUT2D eigenvalue weighted by Gasteiger charge is -2.39. The molecule has 2 amide bonds. The summed E-state index contributed by atoms with van der Waals surface area (Å²) >= 11 is 0. The average molecular weight is 400 g/mol. The van der Waals surface area contributed by atoms with E-state index in [9.17, 15) is 9.59 Å². The van der Waals surface area contributed by atoms with E-state index in [1.807, 2.05) is 60.7 Å². The predicted octanol–water partition coefficient (Wildman–Crippen LogP) is 3.01. The maximum Gasteiger partial charge on any atom is 0.245 e. The Balaban J connectivity index is 5.70. The summed E-state index contributed by atoms with van der Waals surface area (Å²) < 4.78 is 5.57. The van der Waals surface area contributed by atoms with Crippen LogP contribution in [0.4, 0.5) is 0 Å². The zero-order valence-electron chi connectivity index (χ0n) is 20.1. The van der Waals surface area contributed by atoms with Crippen LogP contribution in [0.3, 0.4) is 0 Å². The zero-order valence-corrected chi connectivity index (χ0v) is 20.1. The van der Waals surface area contributed by atoms with E-state index in [4.69, 9.17) is 4.74 Å². The molecule has 0 aromatic rings. The molecule has 0 radical (unpaired) electrons. The van der Waals surface area contributed by atoms with Crippen LogP contribution in [0.1, 0.15) is 61.3 Å². The van der Waals surface area contributed by atoms with Gasteiger partial charge in [0.05, 0.1) is 18.2 Å². The second-order valence-corrected chi connectivity index (χ2v) is 8.79. The third-order valence-corrected chi connectivity index (χ3v) is 6.11. The highest BCUT2D eigenvalue weighted by atomic mass is 16.5. The molecular formula is C22H45N3O3. The van der Waals surface area contributed by atoms with Crippen LogP contribution in [0.25, 0.3) is 0 Å². The van der Waals surface area contributed by atoms with Gasteiger partial charge in [0.1, 0.15) is 6.04 Å². The predicted molar refractivity (Wildman–Crippen MR) is 116 cm³/mol. The molecule has 0 saturated heterocycles. The first-order valence-corrected chi connectivity index (χ1v) is 10.7. The molecule has 0 saturated carbocycles. The van der Waals surface area contributed by atoms with Gasteiger partial charge in [-0.05, 0) is 38.8 Å². The number of nitrogens with zero attached hydrogens (tertiary/aromatic N) is 2. The van der Waals surface area contributed by atoms with Crippen molar-refractivity contribution in [3.05, 3.63) is 0 Å². The van der Waals surface area contributed by atoms with E-state index in [0.29, 0.717) is 5.92 Å². The number of rotatable bonds is 12. The molecule has 1 N–H and O–H groups in total. The van der Waals surface area contributed by atoms with Gasteiger partial charge in [0.15, 0.2) is 0 Å². The molecule has 0 bridgehead atoms. The normalized spacial score (nSPS) is 18.3. The number of carbonyl (C=O) groups is 2. The number of likely N-dealkylation sites (N-methyl/N-ethyl adjacent to an activating group) is 2. The number of hydrogen-bond acceptors (Lipinski definition) is 4. The lowest BCUT2D eigenvalue weighted by molar-refractivity contribution is -0.143. The Morgan fingerprint density at radius 2 is 1.43 bits per heavy atom. The lowest BCUT2D eigenvalue weighted by Crippen LogP contribution is -2.59. The molecule has 6 atom stereocenters. The molecule has 6 nitrogen and oxygen atoms in total. The van der Waals surface area contributed by atoms with E-state index in [1.165, 1.54) is 0 Å². The number of methoxy groups -OCH3 is 1. The van der Waals surface area contributed by atoms with Gasteiger partial charge in [-0.3, -0.25) is 14.5 Å². The molecule has 0 aromatic heterocycles. The molecule has 0 aliphatic heterocycles. The Hall–Kier alpha value is -1.14. The van der Waals surface area contributed by atoms with Gasteiger partial charge in [0, 0.05) is 14.2 Å². The van der Waals surface area contributed by atoms with E-state index in [-0.39, 0.29) is 41.8 Å². The van der Waals surface area contributed by atoms with Crippen LogP contribution in [0.5, 0.6) is 0 Å². The van der Waals surface area contributed by atoms with Crippen molar-refractivity contribution < 1.29 is 14.3 Å². The van der Waals surface area contributed by atoms with Crippen molar-refractivity contribution in [3.63, 3.8) is 0 Å². The number of ether oxygens (including phenoxy) is 1. The van der Waals surface area contributed by atoms with Crippen molar-refractivity contribution in [3.8, 4) is 0 Å². The van der Waals surface area contributed by atoms with Crippen LogP contribution in [0.15, 0.2) is 0 Å². The smallest absolute Gasteiger partial charge is 0.245 e. The minimum absolute atomic E-state index is 0.0410. The van der Waals surface area contributed by atoms with Crippen LogP contribution < -0.4 is 5.32 Å². The molecule has 0 aliphatic rings. The zero-order chi connectivity index (χ0) is 22.2. The Morgan fingerprint density at radius 3 is 1.79 bits per heavy atom. The first-order valence-electron chi connectivity index (χ1n) is 10.7. The maximum atomic E-state index is 13.5.